The second-order valence-corrected chi connectivity index (χ2v) is 5.80. The minimum absolute atomic E-state index is 0.168. The summed E-state index contributed by atoms with van der Waals surface area (Å²) in [6, 6.07) is -0.523. The van der Waals surface area contributed by atoms with Crippen molar-refractivity contribution in [3.63, 3.8) is 0 Å². The Labute approximate surface area is 117 Å². The Kier molecular flexibility index (Phi) is 3.87. The van der Waals surface area contributed by atoms with Crippen LogP contribution >= 0.6 is 0 Å². The predicted molar refractivity (Wildman–Crippen MR) is 70.9 cm³/mol. The molecule has 0 saturated carbocycles. The van der Waals surface area contributed by atoms with Crippen molar-refractivity contribution in [1.82, 2.24) is 9.80 Å². The Morgan fingerprint density at radius 2 is 1.95 bits per heavy atom. The highest BCUT2D eigenvalue weighted by Gasteiger charge is 2.47. The summed E-state index contributed by atoms with van der Waals surface area (Å²) >= 11 is 0. The van der Waals surface area contributed by atoms with Crippen molar-refractivity contribution < 1.29 is 19.5 Å². The fraction of sp³-hybridized carbons (Fsp3) is 0.769. The highest BCUT2D eigenvalue weighted by atomic mass is 16.4. The molecule has 0 bridgehead atoms. The fourth-order valence-corrected chi connectivity index (χ4v) is 3.14. The molecule has 0 aromatic rings. The first kappa shape index (κ1) is 14.6. The van der Waals surface area contributed by atoms with E-state index in [1.54, 1.807) is 6.92 Å². The number of nitrogens with two attached hydrogens (primary N) is 1. The van der Waals surface area contributed by atoms with Gasteiger partial charge in [0.05, 0.1) is 5.92 Å². The van der Waals surface area contributed by atoms with Crippen LogP contribution in [0.3, 0.4) is 0 Å². The lowest BCUT2D eigenvalue weighted by Gasteiger charge is -2.37. The summed E-state index contributed by atoms with van der Waals surface area (Å²) in [7, 11) is 0. The number of carbonyl (C=O) groups excluding carboxylic acids is 2. The molecule has 3 N–H and O–H groups in total. The number of piperidine rings is 1. The van der Waals surface area contributed by atoms with E-state index in [0.717, 1.165) is 6.42 Å². The van der Waals surface area contributed by atoms with Gasteiger partial charge in [-0.15, -0.1) is 0 Å². The summed E-state index contributed by atoms with van der Waals surface area (Å²) in [5.74, 6) is -1.47. The molecular weight excluding hydrogens is 262 g/mol. The molecule has 2 atom stereocenters. The lowest BCUT2D eigenvalue weighted by molar-refractivity contribution is -0.157. The summed E-state index contributed by atoms with van der Waals surface area (Å²) in [6.07, 6.45) is 2.56. The number of primary amides is 1. The van der Waals surface area contributed by atoms with Crippen LogP contribution in [0.2, 0.25) is 0 Å². The number of carboxylic acids is 1. The third kappa shape index (κ3) is 2.44. The number of likely N-dealkylation sites (tertiary alicyclic amines) is 2. The van der Waals surface area contributed by atoms with E-state index in [-0.39, 0.29) is 11.8 Å². The van der Waals surface area contributed by atoms with Gasteiger partial charge in [0, 0.05) is 19.6 Å². The average Bonchev–Trinajstić information content (AvgIpc) is 2.81. The molecule has 0 aliphatic carbocycles. The zero-order valence-electron chi connectivity index (χ0n) is 11.7. The Morgan fingerprint density at radius 1 is 1.25 bits per heavy atom. The van der Waals surface area contributed by atoms with E-state index < -0.39 is 17.5 Å². The van der Waals surface area contributed by atoms with Gasteiger partial charge in [0.15, 0.2) is 0 Å². The van der Waals surface area contributed by atoms with E-state index >= 15 is 0 Å². The van der Waals surface area contributed by atoms with Gasteiger partial charge in [0.1, 0.15) is 5.54 Å². The van der Waals surface area contributed by atoms with Crippen LogP contribution in [-0.4, -0.2) is 58.0 Å². The molecule has 2 rings (SSSR count). The molecule has 2 fully saturated rings. The maximum absolute atomic E-state index is 12.6. The van der Waals surface area contributed by atoms with Crippen LogP contribution in [0.15, 0.2) is 0 Å². The van der Waals surface area contributed by atoms with Gasteiger partial charge in [-0.2, -0.15) is 0 Å². The molecule has 2 saturated heterocycles. The third-order valence-corrected chi connectivity index (χ3v) is 4.45. The lowest BCUT2D eigenvalue weighted by atomic mass is 9.93. The maximum atomic E-state index is 12.6. The van der Waals surface area contributed by atoms with Gasteiger partial charge in [0.25, 0.3) is 0 Å². The number of urea groups is 1. The molecule has 3 amide bonds. The fourth-order valence-electron chi connectivity index (χ4n) is 3.14. The summed E-state index contributed by atoms with van der Waals surface area (Å²) in [5, 5.41) is 9.35. The zero-order valence-corrected chi connectivity index (χ0v) is 11.7. The van der Waals surface area contributed by atoms with Crippen molar-refractivity contribution in [2.75, 3.05) is 19.6 Å². The maximum Gasteiger partial charge on any atom is 0.329 e. The van der Waals surface area contributed by atoms with E-state index in [0.29, 0.717) is 38.9 Å². The molecule has 2 unspecified atom stereocenters. The van der Waals surface area contributed by atoms with Crippen molar-refractivity contribution in [2.45, 2.75) is 38.1 Å². The van der Waals surface area contributed by atoms with Gasteiger partial charge in [-0.3, -0.25) is 4.79 Å². The van der Waals surface area contributed by atoms with Crippen molar-refractivity contribution in [3.8, 4) is 0 Å². The molecule has 0 aromatic heterocycles. The van der Waals surface area contributed by atoms with Crippen molar-refractivity contribution >= 4 is 17.9 Å². The molecule has 0 spiro atoms. The van der Waals surface area contributed by atoms with E-state index in [9.17, 15) is 19.5 Å². The number of carboxylic acid groups (broad SMARTS) is 1. The van der Waals surface area contributed by atoms with E-state index in [1.807, 2.05) is 0 Å². The SMILES string of the molecule is CC1(C(=O)O)CCCN1C(=O)C1CCCN(C(N)=O)C1. The van der Waals surface area contributed by atoms with Gasteiger partial charge < -0.3 is 20.6 Å². The van der Waals surface area contributed by atoms with Crippen LogP contribution in [0.1, 0.15) is 32.6 Å². The summed E-state index contributed by atoms with van der Waals surface area (Å²) in [5.41, 5.74) is 4.13. The molecule has 2 aliphatic rings. The van der Waals surface area contributed by atoms with Crippen LogP contribution in [-0.2, 0) is 9.59 Å². The molecule has 20 heavy (non-hydrogen) atoms. The minimum atomic E-state index is -1.12. The molecule has 7 heteroatoms. The van der Waals surface area contributed by atoms with Crippen molar-refractivity contribution in [3.05, 3.63) is 0 Å². The highest BCUT2D eigenvalue weighted by molar-refractivity contribution is 5.89. The van der Waals surface area contributed by atoms with E-state index in [1.165, 1.54) is 9.80 Å². The van der Waals surface area contributed by atoms with Crippen molar-refractivity contribution in [2.24, 2.45) is 11.7 Å². The Balaban J connectivity index is 2.11. The number of hydrogen-bond acceptors (Lipinski definition) is 3. The number of amides is 3. The van der Waals surface area contributed by atoms with Gasteiger partial charge in [-0.05, 0) is 32.6 Å². The second kappa shape index (κ2) is 5.30. The van der Waals surface area contributed by atoms with Crippen LogP contribution in [0.5, 0.6) is 0 Å². The summed E-state index contributed by atoms with van der Waals surface area (Å²) < 4.78 is 0. The van der Waals surface area contributed by atoms with Gasteiger partial charge in [-0.25, -0.2) is 9.59 Å². The Morgan fingerprint density at radius 3 is 2.55 bits per heavy atom. The number of aliphatic carboxylic acids is 1. The third-order valence-electron chi connectivity index (χ3n) is 4.45. The smallest absolute Gasteiger partial charge is 0.329 e. The zero-order chi connectivity index (χ0) is 14.9. The lowest BCUT2D eigenvalue weighted by Crippen LogP contribution is -2.55. The molecule has 2 aliphatic heterocycles. The Bertz CT molecular complexity index is 439. The van der Waals surface area contributed by atoms with Gasteiger partial charge in [-0.1, -0.05) is 0 Å². The standard InChI is InChI=1S/C13H21N3O4/c1-13(11(18)19)5-3-7-16(13)10(17)9-4-2-6-15(8-9)12(14)20/h9H,2-8H2,1H3,(H2,14,20)(H,18,19). The quantitative estimate of drug-likeness (QED) is 0.757. The summed E-state index contributed by atoms with van der Waals surface area (Å²) in [6.45, 7) is 2.92. The number of carbonyl (C=O) groups is 3. The first-order valence-corrected chi connectivity index (χ1v) is 6.95. The van der Waals surface area contributed by atoms with Gasteiger partial charge >= 0.3 is 12.0 Å². The first-order valence-electron chi connectivity index (χ1n) is 6.95. The number of nitrogens with zero attached hydrogens (tertiary/aromatic N) is 2. The normalized spacial score (nSPS) is 30.4. The second-order valence-electron chi connectivity index (χ2n) is 5.80. The highest BCUT2D eigenvalue weighted by Crippen LogP contribution is 2.32. The summed E-state index contributed by atoms with van der Waals surface area (Å²) in [4.78, 5) is 38.1. The van der Waals surface area contributed by atoms with Crippen molar-refractivity contribution in [1.29, 1.82) is 0 Å². The molecule has 7 nitrogen and oxygen atoms in total. The predicted octanol–water partition coefficient (Wildman–Crippen LogP) is 0.243. The molecule has 112 valence electrons. The number of hydrogen-bond donors (Lipinski definition) is 2. The topological polar surface area (TPSA) is 104 Å². The van der Waals surface area contributed by atoms with Crippen LogP contribution in [0.25, 0.3) is 0 Å². The van der Waals surface area contributed by atoms with Crippen LogP contribution in [0.4, 0.5) is 4.79 Å². The molecular formula is C13H21N3O4. The van der Waals surface area contributed by atoms with Gasteiger partial charge in [0.2, 0.25) is 5.91 Å². The van der Waals surface area contributed by atoms with Crippen LogP contribution < -0.4 is 5.73 Å². The molecule has 2 heterocycles. The largest absolute Gasteiger partial charge is 0.480 e. The molecule has 0 aromatic carbocycles. The molecule has 0 radical (unpaired) electrons. The van der Waals surface area contributed by atoms with E-state index in [2.05, 4.69) is 0 Å². The van der Waals surface area contributed by atoms with E-state index in [4.69, 9.17) is 5.73 Å². The minimum Gasteiger partial charge on any atom is -0.480 e. The number of rotatable bonds is 2. The monoisotopic (exact) mass is 283 g/mol. The Hall–Kier alpha value is -1.79. The van der Waals surface area contributed by atoms with Crippen LogP contribution in [0, 0.1) is 5.92 Å². The average molecular weight is 283 g/mol. The first-order chi connectivity index (χ1) is 9.36.